The van der Waals surface area contributed by atoms with Crippen molar-refractivity contribution in [1.29, 1.82) is 0 Å². The van der Waals surface area contributed by atoms with E-state index in [4.69, 9.17) is 0 Å². The highest BCUT2D eigenvalue weighted by molar-refractivity contribution is 5.63. The van der Waals surface area contributed by atoms with Gasteiger partial charge in [0.25, 0.3) is 0 Å². The summed E-state index contributed by atoms with van der Waals surface area (Å²) < 4.78 is 0. The Morgan fingerprint density at radius 1 is 1.50 bits per heavy atom. The van der Waals surface area contributed by atoms with Gasteiger partial charge in [-0.15, -0.1) is 6.58 Å². The third-order valence-corrected chi connectivity index (χ3v) is 3.85. The Bertz CT molecular complexity index is 438. The number of nitrogens with one attached hydrogen (secondary N) is 2. The quantitative estimate of drug-likeness (QED) is 0.740. The molecule has 1 aromatic rings. The van der Waals surface area contributed by atoms with Crippen molar-refractivity contribution in [2.45, 2.75) is 31.3 Å². The lowest BCUT2D eigenvalue weighted by Crippen LogP contribution is -2.40. The largest absolute Gasteiger partial charge is 0.369 e. The Hall–Kier alpha value is -1.28. The summed E-state index contributed by atoms with van der Waals surface area (Å²) in [5.74, 6) is 0. The molecule has 2 heterocycles. The first kappa shape index (κ1) is 9.91. The molecule has 0 bridgehead atoms. The second kappa shape index (κ2) is 3.36. The van der Waals surface area contributed by atoms with Gasteiger partial charge in [-0.1, -0.05) is 23.8 Å². The Morgan fingerprint density at radius 2 is 2.31 bits per heavy atom. The maximum atomic E-state index is 4.09. The predicted molar refractivity (Wildman–Crippen MR) is 67.6 cm³/mol. The molecule has 0 saturated carbocycles. The van der Waals surface area contributed by atoms with Crippen LogP contribution in [0.4, 0.5) is 5.69 Å². The Balaban J connectivity index is 2.09. The zero-order valence-electron chi connectivity index (χ0n) is 9.72. The molecule has 16 heavy (non-hydrogen) atoms. The fraction of sp³-hybridized carbons (Fsp3) is 0.429. The van der Waals surface area contributed by atoms with Crippen LogP contribution < -0.4 is 10.6 Å². The average molecular weight is 214 g/mol. The molecular weight excluding hydrogens is 196 g/mol. The molecule has 0 amide bonds. The lowest BCUT2D eigenvalue weighted by atomic mass is 9.75. The second-order valence-electron chi connectivity index (χ2n) is 5.12. The van der Waals surface area contributed by atoms with Crippen molar-refractivity contribution in [3.8, 4) is 0 Å². The van der Waals surface area contributed by atoms with Gasteiger partial charge in [0.1, 0.15) is 0 Å². The van der Waals surface area contributed by atoms with Crippen molar-refractivity contribution in [2.75, 3.05) is 11.9 Å². The fourth-order valence-corrected chi connectivity index (χ4v) is 3.28. The zero-order chi connectivity index (χ0) is 11.2. The first-order chi connectivity index (χ1) is 7.72. The van der Waals surface area contributed by atoms with E-state index in [-0.39, 0.29) is 5.41 Å². The van der Waals surface area contributed by atoms with Gasteiger partial charge in [0.05, 0.1) is 6.17 Å². The molecule has 2 aliphatic rings. The van der Waals surface area contributed by atoms with Gasteiger partial charge in [0, 0.05) is 11.1 Å². The van der Waals surface area contributed by atoms with E-state index >= 15 is 0 Å². The number of hydrogen-bond acceptors (Lipinski definition) is 2. The van der Waals surface area contributed by atoms with Crippen molar-refractivity contribution in [1.82, 2.24) is 5.32 Å². The normalized spacial score (nSPS) is 30.7. The minimum absolute atomic E-state index is 0.239. The smallest absolute Gasteiger partial charge is 0.0871 e. The molecule has 2 nitrogen and oxygen atoms in total. The molecule has 2 aliphatic heterocycles. The number of anilines is 1. The second-order valence-corrected chi connectivity index (χ2v) is 5.12. The molecule has 2 N–H and O–H groups in total. The van der Waals surface area contributed by atoms with Crippen LogP contribution in [0, 0.1) is 0 Å². The lowest BCUT2D eigenvalue weighted by molar-refractivity contribution is 0.415. The fourth-order valence-electron chi connectivity index (χ4n) is 3.28. The van der Waals surface area contributed by atoms with Crippen molar-refractivity contribution >= 4 is 5.69 Å². The Kier molecular flexibility index (Phi) is 2.08. The summed E-state index contributed by atoms with van der Waals surface area (Å²) in [5, 5.41) is 7.15. The van der Waals surface area contributed by atoms with Crippen LogP contribution >= 0.6 is 0 Å². The molecule has 84 valence electrons. The summed E-state index contributed by atoms with van der Waals surface area (Å²) in [4.78, 5) is 0. The van der Waals surface area contributed by atoms with E-state index in [0.717, 1.165) is 13.0 Å². The van der Waals surface area contributed by atoms with Gasteiger partial charge in [0.2, 0.25) is 0 Å². The first-order valence-corrected chi connectivity index (χ1v) is 5.96. The van der Waals surface area contributed by atoms with Crippen LogP contribution in [0.1, 0.15) is 25.3 Å². The number of hydrogen-bond donors (Lipinski definition) is 2. The van der Waals surface area contributed by atoms with Gasteiger partial charge in [0.15, 0.2) is 0 Å². The van der Waals surface area contributed by atoms with E-state index < -0.39 is 0 Å². The van der Waals surface area contributed by atoms with Crippen molar-refractivity contribution in [3.05, 3.63) is 42.0 Å². The van der Waals surface area contributed by atoms with Crippen LogP contribution in [-0.4, -0.2) is 12.7 Å². The summed E-state index contributed by atoms with van der Waals surface area (Å²) in [6.07, 6.45) is 2.67. The van der Waals surface area contributed by atoms with Gasteiger partial charge >= 0.3 is 0 Å². The molecule has 0 unspecified atom stereocenters. The highest BCUT2D eigenvalue weighted by Crippen LogP contribution is 2.48. The van der Waals surface area contributed by atoms with Gasteiger partial charge in [-0.2, -0.15) is 0 Å². The van der Waals surface area contributed by atoms with E-state index in [1.807, 2.05) is 0 Å². The van der Waals surface area contributed by atoms with E-state index in [0.29, 0.717) is 6.17 Å². The first-order valence-electron chi connectivity index (χ1n) is 5.96. The van der Waals surface area contributed by atoms with E-state index in [9.17, 15) is 0 Å². The third-order valence-electron chi connectivity index (χ3n) is 3.85. The molecule has 0 spiro atoms. The third kappa shape index (κ3) is 1.23. The van der Waals surface area contributed by atoms with Crippen LogP contribution in [-0.2, 0) is 5.41 Å². The minimum Gasteiger partial charge on any atom is -0.369 e. The Labute approximate surface area is 96.7 Å². The summed E-state index contributed by atoms with van der Waals surface area (Å²) in [6, 6.07) is 8.68. The maximum Gasteiger partial charge on any atom is 0.0871 e. The van der Waals surface area contributed by atoms with Crippen LogP contribution in [0.15, 0.2) is 36.4 Å². The zero-order valence-corrected chi connectivity index (χ0v) is 9.72. The highest BCUT2D eigenvalue weighted by atomic mass is 15.2. The summed E-state index contributed by atoms with van der Waals surface area (Å²) >= 11 is 0. The summed E-state index contributed by atoms with van der Waals surface area (Å²) in [6.45, 7) is 7.32. The van der Waals surface area contributed by atoms with Crippen LogP contribution in [0.2, 0.25) is 0 Å². The molecule has 0 radical (unpaired) electrons. The van der Waals surface area contributed by atoms with E-state index in [1.54, 1.807) is 0 Å². The summed E-state index contributed by atoms with van der Waals surface area (Å²) in [5.41, 5.74) is 4.27. The number of fused-ring (bicyclic) bond motifs is 3. The maximum absolute atomic E-state index is 4.09. The minimum atomic E-state index is 0.239. The van der Waals surface area contributed by atoms with Crippen molar-refractivity contribution in [2.24, 2.45) is 0 Å². The van der Waals surface area contributed by atoms with E-state index in [1.165, 1.54) is 23.2 Å². The molecule has 2 atom stereocenters. The molecule has 2 heteroatoms. The van der Waals surface area contributed by atoms with Crippen LogP contribution in [0.25, 0.3) is 0 Å². The monoisotopic (exact) mass is 214 g/mol. The molecule has 1 aromatic carbocycles. The average Bonchev–Trinajstić information content (AvgIpc) is 2.72. The van der Waals surface area contributed by atoms with Gasteiger partial charge in [-0.05, 0) is 37.9 Å². The van der Waals surface area contributed by atoms with Gasteiger partial charge < -0.3 is 5.32 Å². The van der Waals surface area contributed by atoms with Gasteiger partial charge in [-0.3, -0.25) is 5.32 Å². The number of para-hydroxylation sites is 1. The molecule has 1 fully saturated rings. The van der Waals surface area contributed by atoms with Crippen LogP contribution in [0.3, 0.4) is 0 Å². The lowest BCUT2D eigenvalue weighted by Gasteiger charge is -2.29. The number of rotatable bonds is 2. The molecule has 1 saturated heterocycles. The SMILES string of the molecule is C=C(C)C[C@@]12CCN[C@@H]1Nc1ccccc12. The van der Waals surface area contributed by atoms with Crippen LogP contribution in [0.5, 0.6) is 0 Å². The number of allylic oxidation sites excluding steroid dienone is 1. The van der Waals surface area contributed by atoms with Crippen molar-refractivity contribution < 1.29 is 0 Å². The summed E-state index contributed by atoms with van der Waals surface area (Å²) in [7, 11) is 0. The molecular formula is C14H18N2. The standard InChI is InChI=1S/C14H18N2/c1-10(2)9-14-7-8-15-13(14)16-12-6-4-3-5-11(12)14/h3-6,13,15-16H,1,7-9H2,2H3/t13-,14-/m1/s1. The molecule has 3 rings (SSSR count). The Morgan fingerprint density at radius 3 is 3.12 bits per heavy atom. The predicted octanol–water partition coefficient (Wildman–Crippen LogP) is 2.64. The van der Waals surface area contributed by atoms with Crippen molar-refractivity contribution in [3.63, 3.8) is 0 Å². The highest BCUT2D eigenvalue weighted by Gasteiger charge is 2.49. The molecule has 0 aliphatic carbocycles. The van der Waals surface area contributed by atoms with Gasteiger partial charge in [-0.25, -0.2) is 0 Å². The number of benzene rings is 1. The molecule has 0 aromatic heterocycles. The van der Waals surface area contributed by atoms with E-state index in [2.05, 4.69) is 48.4 Å². The topological polar surface area (TPSA) is 24.1 Å².